The van der Waals surface area contributed by atoms with Gasteiger partial charge in [-0.05, 0) is 44.7 Å². The summed E-state index contributed by atoms with van der Waals surface area (Å²) in [5.41, 5.74) is 7.36. The third kappa shape index (κ3) is 2.03. The van der Waals surface area contributed by atoms with E-state index in [9.17, 15) is 4.79 Å². The topological polar surface area (TPSA) is 75.0 Å². The third-order valence-electron chi connectivity index (χ3n) is 4.09. The van der Waals surface area contributed by atoms with E-state index in [0.29, 0.717) is 24.1 Å². The number of nitrogens with zero attached hydrogens (tertiary/aromatic N) is 2. The Bertz CT molecular complexity index is 452. The molecule has 1 aliphatic carbocycles. The van der Waals surface area contributed by atoms with Gasteiger partial charge in [0.05, 0.1) is 0 Å². The van der Waals surface area contributed by atoms with Crippen LogP contribution in [0.1, 0.15) is 48.3 Å². The van der Waals surface area contributed by atoms with Crippen LogP contribution in [0.5, 0.6) is 0 Å². The molecule has 5 nitrogen and oxygen atoms in total. The average Bonchev–Trinajstić information content (AvgIpc) is 2.98. The molecule has 2 fully saturated rings. The fraction of sp³-hybridized carbons (Fsp3) is 0.692. The number of H-pyrrole nitrogens is 1. The Morgan fingerprint density at radius 1 is 1.61 bits per heavy atom. The normalized spacial score (nSPS) is 27.8. The summed E-state index contributed by atoms with van der Waals surface area (Å²) in [5.74, 6) is 1.08. The first-order valence-corrected chi connectivity index (χ1v) is 6.75. The minimum absolute atomic E-state index is 0.0431. The first-order valence-electron chi connectivity index (χ1n) is 6.75. The zero-order chi connectivity index (χ0) is 12.7. The highest BCUT2D eigenvalue weighted by Gasteiger charge is 2.34. The van der Waals surface area contributed by atoms with Crippen molar-refractivity contribution in [3.63, 3.8) is 0 Å². The van der Waals surface area contributed by atoms with Crippen LogP contribution in [0, 0.1) is 5.92 Å². The Morgan fingerprint density at radius 2 is 2.39 bits per heavy atom. The zero-order valence-corrected chi connectivity index (χ0v) is 10.7. The summed E-state index contributed by atoms with van der Waals surface area (Å²) >= 11 is 0. The van der Waals surface area contributed by atoms with Gasteiger partial charge in [-0.1, -0.05) is 0 Å². The van der Waals surface area contributed by atoms with Gasteiger partial charge < -0.3 is 10.6 Å². The lowest BCUT2D eigenvalue weighted by molar-refractivity contribution is 0.0737. The number of nitrogens with one attached hydrogen (secondary N) is 1. The lowest BCUT2D eigenvalue weighted by atomic mass is 10.1. The monoisotopic (exact) mass is 248 g/mol. The molecule has 1 aliphatic heterocycles. The van der Waals surface area contributed by atoms with Crippen molar-refractivity contribution in [1.29, 1.82) is 0 Å². The van der Waals surface area contributed by atoms with Gasteiger partial charge in [-0.25, -0.2) is 0 Å². The summed E-state index contributed by atoms with van der Waals surface area (Å²) in [7, 11) is 0. The SMILES string of the molecule is CC1CC(CN)CN1C(=O)c1cc(C2CC2)[nH]n1. The maximum Gasteiger partial charge on any atom is 0.274 e. The molecule has 3 rings (SSSR count). The molecule has 3 N–H and O–H groups in total. The van der Waals surface area contributed by atoms with E-state index in [1.54, 1.807) is 0 Å². The first-order chi connectivity index (χ1) is 8.69. The second-order valence-electron chi connectivity index (χ2n) is 5.63. The smallest absolute Gasteiger partial charge is 0.274 e. The molecule has 1 aromatic rings. The van der Waals surface area contributed by atoms with Gasteiger partial charge >= 0.3 is 0 Å². The molecule has 1 amide bonds. The van der Waals surface area contributed by atoms with Crippen molar-refractivity contribution in [2.45, 2.75) is 38.1 Å². The molecule has 1 saturated heterocycles. The first kappa shape index (κ1) is 11.7. The molecule has 0 spiro atoms. The van der Waals surface area contributed by atoms with Gasteiger partial charge in [-0.3, -0.25) is 9.89 Å². The summed E-state index contributed by atoms with van der Waals surface area (Å²) < 4.78 is 0. The van der Waals surface area contributed by atoms with Gasteiger partial charge in [0.2, 0.25) is 0 Å². The van der Waals surface area contributed by atoms with E-state index >= 15 is 0 Å². The summed E-state index contributed by atoms with van der Waals surface area (Å²) in [4.78, 5) is 14.3. The predicted octanol–water partition coefficient (Wildman–Crippen LogP) is 1.10. The number of carbonyl (C=O) groups excluding carboxylic acids is 1. The number of rotatable bonds is 3. The lowest BCUT2D eigenvalue weighted by Gasteiger charge is -2.20. The summed E-state index contributed by atoms with van der Waals surface area (Å²) in [6.45, 7) is 3.51. The fourth-order valence-electron chi connectivity index (χ4n) is 2.79. The number of aromatic amines is 1. The number of likely N-dealkylation sites (tertiary alicyclic amines) is 1. The molecular weight excluding hydrogens is 228 g/mol. The Labute approximate surface area is 107 Å². The highest BCUT2D eigenvalue weighted by molar-refractivity contribution is 5.92. The van der Waals surface area contributed by atoms with Crippen LogP contribution in [-0.4, -0.2) is 40.1 Å². The summed E-state index contributed by atoms with van der Waals surface area (Å²) in [6, 6.07) is 2.19. The van der Waals surface area contributed by atoms with Crippen molar-refractivity contribution in [3.8, 4) is 0 Å². The van der Waals surface area contributed by atoms with Crippen molar-refractivity contribution in [2.75, 3.05) is 13.1 Å². The van der Waals surface area contributed by atoms with Crippen molar-refractivity contribution in [1.82, 2.24) is 15.1 Å². The van der Waals surface area contributed by atoms with Gasteiger partial charge in [0.15, 0.2) is 0 Å². The van der Waals surface area contributed by atoms with E-state index in [1.807, 2.05) is 11.0 Å². The van der Waals surface area contributed by atoms with Gasteiger partial charge in [0, 0.05) is 24.2 Å². The lowest BCUT2D eigenvalue weighted by Crippen LogP contribution is -2.34. The maximum absolute atomic E-state index is 12.4. The molecule has 98 valence electrons. The van der Waals surface area contributed by atoms with Crippen molar-refractivity contribution in [3.05, 3.63) is 17.5 Å². The highest BCUT2D eigenvalue weighted by atomic mass is 16.2. The van der Waals surface area contributed by atoms with Crippen LogP contribution in [0.15, 0.2) is 6.07 Å². The van der Waals surface area contributed by atoms with Crippen LogP contribution in [0.2, 0.25) is 0 Å². The number of hydrogen-bond acceptors (Lipinski definition) is 3. The molecule has 1 saturated carbocycles. The third-order valence-corrected chi connectivity index (χ3v) is 4.09. The quantitative estimate of drug-likeness (QED) is 0.841. The molecule has 2 atom stereocenters. The van der Waals surface area contributed by atoms with Gasteiger partial charge in [0.25, 0.3) is 5.91 Å². The van der Waals surface area contributed by atoms with Crippen molar-refractivity contribution < 1.29 is 4.79 Å². The van der Waals surface area contributed by atoms with E-state index in [0.717, 1.165) is 18.7 Å². The Hall–Kier alpha value is -1.36. The van der Waals surface area contributed by atoms with E-state index < -0.39 is 0 Å². The fourth-order valence-corrected chi connectivity index (χ4v) is 2.79. The van der Waals surface area contributed by atoms with Crippen LogP contribution in [0.25, 0.3) is 0 Å². The van der Waals surface area contributed by atoms with Crippen molar-refractivity contribution in [2.24, 2.45) is 11.7 Å². The molecule has 0 radical (unpaired) electrons. The molecule has 5 heteroatoms. The molecule has 0 bridgehead atoms. The second-order valence-corrected chi connectivity index (χ2v) is 5.63. The number of amides is 1. The zero-order valence-electron chi connectivity index (χ0n) is 10.7. The van der Waals surface area contributed by atoms with Crippen LogP contribution in [0.3, 0.4) is 0 Å². The van der Waals surface area contributed by atoms with Crippen LogP contribution < -0.4 is 5.73 Å². The standard InChI is InChI=1S/C13H20N4O/c1-8-4-9(6-14)7-17(8)13(18)12-5-11(15-16-12)10-2-3-10/h5,8-10H,2-4,6-7,14H2,1H3,(H,15,16). The Balaban J connectivity index is 1.73. The van der Waals surface area contributed by atoms with Crippen LogP contribution in [0.4, 0.5) is 0 Å². The molecule has 18 heavy (non-hydrogen) atoms. The van der Waals surface area contributed by atoms with E-state index in [1.165, 1.54) is 12.8 Å². The Kier molecular flexibility index (Phi) is 2.86. The predicted molar refractivity (Wildman–Crippen MR) is 68.2 cm³/mol. The minimum atomic E-state index is 0.0431. The average molecular weight is 248 g/mol. The van der Waals surface area contributed by atoms with Gasteiger partial charge in [-0.15, -0.1) is 0 Å². The maximum atomic E-state index is 12.4. The minimum Gasteiger partial charge on any atom is -0.334 e. The number of carbonyl (C=O) groups is 1. The number of hydrogen-bond donors (Lipinski definition) is 2. The van der Waals surface area contributed by atoms with Crippen molar-refractivity contribution >= 4 is 5.91 Å². The largest absolute Gasteiger partial charge is 0.334 e. The van der Waals surface area contributed by atoms with E-state index in [4.69, 9.17) is 5.73 Å². The molecule has 2 unspecified atom stereocenters. The van der Waals surface area contributed by atoms with E-state index in [-0.39, 0.29) is 11.9 Å². The van der Waals surface area contributed by atoms with Gasteiger partial charge in [0.1, 0.15) is 5.69 Å². The second kappa shape index (κ2) is 4.39. The summed E-state index contributed by atoms with van der Waals surface area (Å²) in [6.07, 6.45) is 3.43. The van der Waals surface area contributed by atoms with E-state index in [2.05, 4.69) is 17.1 Å². The molecule has 2 aliphatic rings. The van der Waals surface area contributed by atoms with Crippen LogP contribution >= 0.6 is 0 Å². The molecule has 2 heterocycles. The number of aromatic nitrogens is 2. The molecular formula is C13H20N4O. The Morgan fingerprint density at radius 3 is 3.00 bits per heavy atom. The summed E-state index contributed by atoms with van der Waals surface area (Å²) in [5, 5.41) is 7.15. The number of nitrogens with two attached hydrogens (primary N) is 1. The van der Waals surface area contributed by atoms with Crippen LogP contribution in [-0.2, 0) is 0 Å². The highest BCUT2D eigenvalue weighted by Crippen LogP contribution is 2.39. The molecule has 0 aromatic carbocycles. The molecule has 1 aromatic heterocycles. The van der Waals surface area contributed by atoms with Gasteiger partial charge in [-0.2, -0.15) is 5.10 Å².